The second kappa shape index (κ2) is 4.41. The molecule has 0 saturated carbocycles. The number of barbiturate groups is 1. The van der Waals surface area contributed by atoms with Crippen LogP contribution in [-0.4, -0.2) is 22.8 Å². The highest BCUT2D eigenvalue weighted by molar-refractivity contribution is 7.16. The van der Waals surface area contributed by atoms with Crippen molar-refractivity contribution in [2.24, 2.45) is 5.41 Å². The van der Waals surface area contributed by atoms with E-state index in [9.17, 15) is 14.4 Å². The fourth-order valence-corrected chi connectivity index (χ4v) is 2.78. The molecule has 0 bridgehead atoms. The molecule has 4 amide bonds. The lowest BCUT2D eigenvalue weighted by Crippen LogP contribution is -2.62. The van der Waals surface area contributed by atoms with E-state index in [4.69, 9.17) is 0 Å². The van der Waals surface area contributed by atoms with Gasteiger partial charge in [0, 0.05) is 4.88 Å². The number of hydrogen-bond acceptors (Lipinski definition) is 5. The van der Waals surface area contributed by atoms with E-state index in [0.29, 0.717) is 5.13 Å². The molecule has 1 aromatic heterocycles. The van der Waals surface area contributed by atoms with Crippen LogP contribution >= 0.6 is 11.3 Å². The second-order valence-corrected chi connectivity index (χ2v) is 6.06. The Kier molecular flexibility index (Phi) is 3.17. The molecule has 1 fully saturated rings. The van der Waals surface area contributed by atoms with Gasteiger partial charge in [0.1, 0.15) is 5.41 Å². The largest absolute Gasteiger partial charge is 0.337 e. The molecule has 2 heterocycles. The average Bonchev–Trinajstić information content (AvgIpc) is 2.68. The van der Waals surface area contributed by atoms with Crippen molar-refractivity contribution in [1.29, 1.82) is 0 Å². The van der Waals surface area contributed by atoms with Crippen molar-refractivity contribution in [2.45, 2.75) is 34.1 Å². The van der Waals surface area contributed by atoms with Crippen LogP contribution in [0.4, 0.5) is 9.93 Å². The van der Waals surface area contributed by atoms with Crippen LogP contribution < -0.4 is 10.2 Å². The molecule has 0 aliphatic carbocycles. The van der Waals surface area contributed by atoms with E-state index in [1.54, 1.807) is 0 Å². The van der Waals surface area contributed by atoms with Gasteiger partial charge in [-0.3, -0.25) is 14.9 Å². The quantitative estimate of drug-likeness (QED) is 0.835. The number of imide groups is 2. The molecule has 1 aromatic rings. The number of thiazole rings is 1. The van der Waals surface area contributed by atoms with E-state index in [1.807, 2.05) is 13.8 Å². The number of aromatic nitrogens is 1. The first-order valence-corrected chi connectivity index (χ1v) is 6.77. The van der Waals surface area contributed by atoms with Gasteiger partial charge in [0.25, 0.3) is 5.91 Å². The van der Waals surface area contributed by atoms with Crippen molar-refractivity contribution in [3.63, 3.8) is 0 Å². The van der Waals surface area contributed by atoms with Crippen molar-refractivity contribution < 1.29 is 14.4 Å². The number of carbonyl (C=O) groups is 3. The molecule has 0 spiro atoms. The van der Waals surface area contributed by atoms with Crippen LogP contribution in [0.15, 0.2) is 0 Å². The maximum Gasteiger partial charge on any atom is 0.337 e. The van der Waals surface area contributed by atoms with Gasteiger partial charge >= 0.3 is 6.03 Å². The Balaban J connectivity index is 2.45. The molecular weight excluding hydrogens is 266 g/mol. The number of rotatable bonds is 2. The van der Waals surface area contributed by atoms with Gasteiger partial charge in [-0.2, -0.15) is 0 Å². The number of aryl methyl sites for hydroxylation is 2. The van der Waals surface area contributed by atoms with Crippen LogP contribution in [0.3, 0.4) is 0 Å². The van der Waals surface area contributed by atoms with Gasteiger partial charge < -0.3 is 0 Å². The van der Waals surface area contributed by atoms with Gasteiger partial charge in [-0.05, 0) is 27.2 Å². The number of nitrogens with one attached hydrogen (secondary N) is 1. The van der Waals surface area contributed by atoms with Gasteiger partial charge in [-0.15, -0.1) is 11.3 Å². The number of nitrogens with zero attached hydrogens (tertiary/aromatic N) is 2. The Bertz CT molecular complexity index is 577. The summed E-state index contributed by atoms with van der Waals surface area (Å²) in [6.45, 7) is 6.83. The van der Waals surface area contributed by atoms with Crippen molar-refractivity contribution in [3.05, 3.63) is 10.6 Å². The Hall–Kier alpha value is -1.76. The summed E-state index contributed by atoms with van der Waals surface area (Å²) in [6.07, 6.45) is 0.730. The molecule has 19 heavy (non-hydrogen) atoms. The minimum absolute atomic E-state index is 0.317. The van der Waals surface area contributed by atoms with Gasteiger partial charge in [-0.25, -0.2) is 14.7 Å². The predicted molar refractivity (Wildman–Crippen MR) is 71.0 cm³/mol. The number of urea groups is 1. The zero-order valence-corrected chi connectivity index (χ0v) is 12.1. The van der Waals surface area contributed by atoms with E-state index in [2.05, 4.69) is 10.3 Å². The van der Waals surface area contributed by atoms with Crippen LogP contribution in [0, 0.1) is 12.3 Å². The topological polar surface area (TPSA) is 79.4 Å². The lowest BCUT2D eigenvalue weighted by molar-refractivity contribution is -0.140. The first-order chi connectivity index (χ1) is 8.78. The summed E-state index contributed by atoms with van der Waals surface area (Å²) < 4.78 is 0. The molecule has 0 atom stereocenters. The van der Waals surface area contributed by atoms with E-state index in [1.165, 1.54) is 25.2 Å². The predicted octanol–water partition coefficient (Wildman–Crippen LogP) is 1.62. The number of anilines is 1. The Morgan fingerprint density at radius 3 is 2.47 bits per heavy atom. The summed E-state index contributed by atoms with van der Waals surface area (Å²) in [5.74, 6) is -1.12. The van der Waals surface area contributed by atoms with Crippen molar-refractivity contribution in [3.8, 4) is 0 Å². The van der Waals surface area contributed by atoms with Crippen LogP contribution in [0.5, 0.6) is 0 Å². The number of carbonyl (C=O) groups excluding carboxylic acids is 3. The highest BCUT2D eigenvalue weighted by Gasteiger charge is 2.48. The summed E-state index contributed by atoms with van der Waals surface area (Å²) in [6, 6.07) is -0.731. The molecule has 0 unspecified atom stereocenters. The monoisotopic (exact) mass is 281 g/mol. The maximum absolute atomic E-state index is 12.3. The SMILES string of the molecule is CCc1nc(N2C(=O)NC(=O)C(C)(C)C2=O)sc1C. The Labute approximate surface area is 114 Å². The first-order valence-electron chi connectivity index (χ1n) is 5.95. The molecular formula is C12H15N3O3S. The Morgan fingerprint density at radius 2 is 1.95 bits per heavy atom. The fraction of sp³-hybridized carbons (Fsp3) is 0.500. The summed E-state index contributed by atoms with van der Waals surface area (Å²) in [4.78, 5) is 42.0. The molecule has 1 N–H and O–H groups in total. The van der Waals surface area contributed by atoms with E-state index >= 15 is 0 Å². The summed E-state index contributed by atoms with van der Waals surface area (Å²) in [5.41, 5.74) is -0.407. The van der Waals surface area contributed by atoms with Gasteiger partial charge in [0.05, 0.1) is 5.69 Å². The molecule has 102 valence electrons. The smallest absolute Gasteiger partial charge is 0.276 e. The third-order valence-electron chi connectivity index (χ3n) is 3.14. The summed E-state index contributed by atoms with van der Waals surface area (Å²) in [7, 11) is 0. The van der Waals surface area contributed by atoms with Gasteiger partial charge in [-0.1, -0.05) is 6.92 Å². The third kappa shape index (κ3) is 2.03. The third-order valence-corrected chi connectivity index (χ3v) is 4.13. The minimum Gasteiger partial charge on any atom is -0.276 e. The maximum atomic E-state index is 12.3. The van der Waals surface area contributed by atoms with Crippen LogP contribution in [0.25, 0.3) is 0 Å². The average molecular weight is 281 g/mol. The van der Waals surface area contributed by atoms with E-state index in [0.717, 1.165) is 21.9 Å². The van der Waals surface area contributed by atoms with Gasteiger partial charge in [0.2, 0.25) is 11.0 Å². The lowest BCUT2D eigenvalue weighted by Gasteiger charge is -2.32. The number of amides is 4. The summed E-state index contributed by atoms with van der Waals surface area (Å²) in [5, 5.41) is 2.51. The number of hydrogen-bond donors (Lipinski definition) is 1. The van der Waals surface area contributed by atoms with Crippen LogP contribution in [0.1, 0.15) is 31.3 Å². The van der Waals surface area contributed by atoms with E-state index < -0.39 is 23.3 Å². The standard InChI is InChI=1S/C12H15N3O3S/c1-5-7-6(2)19-11(13-7)15-9(17)12(3,4)8(16)14-10(15)18/h5H2,1-4H3,(H,14,16,18). The normalized spacial score (nSPS) is 18.7. The first kappa shape index (κ1) is 13.7. The van der Waals surface area contributed by atoms with Crippen LogP contribution in [0.2, 0.25) is 0 Å². The molecule has 1 aliphatic rings. The lowest BCUT2D eigenvalue weighted by atomic mass is 9.89. The molecule has 0 radical (unpaired) electrons. The summed E-state index contributed by atoms with van der Waals surface area (Å²) >= 11 is 1.28. The van der Waals surface area contributed by atoms with E-state index in [-0.39, 0.29) is 0 Å². The Morgan fingerprint density at radius 1 is 1.32 bits per heavy atom. The molecule has 0 aromatic carbocycles. The van der Waals surface area contributed by atoms with Crippen molar-refractivity contribution >= 4 is 34.3 Å². The molecule has 2 rings (SSSR count). The fourth-order valence-electron chi connectivity index (χ4n) is 1.79. The highest BCUT2D eigenvalue weighted by Crippen LogP contribution is 2.32. The highest BCUT2D eigenvalue weighted by atomic mass is 32.1. The molecule has 1 saturated heterocycles. The minimum atomic E-state index is -1.26. The van der Waals surface area contributed by atoms with Crippen molar-refractivity contribution in [1.82, 2.24) is 10.3 Å². The molecule has 6 nitrogen and oxygen atoms in total. The second-order valence-electron chi connectivity index (χ2n) is 4.88. The molecule has 1 aliphatic heterocycles. The zero-order chi connectivity index (χ0) is 14.4. The van der Waals surface area contributed by atoms with Crippen LogP contribution in [-0.2, 0) is 16.0 Å². The zero-order valence-electron chi connectivity index (χ0n) is 11.2. The van der Waals surface area contributed by atoms with Crippen molar-refractivity contribution in [2.75, 3.05) is 4.90 Å². The molecule has 7 heteroatoms. The van der Waals surface area contributed by atoms with Gasteiger partial charge in [0.15, 0.2) is 0 Å².